The Morgan fingerprint density at radius 1 is 1.47 bits per heavy atom. The minimum atomic E-state index is -3.38. The molecule has 0 atom stereocenters. The Kier molecular flexibility index (Phi) is 5.29. The van der Waals surface area contributed by atoms with E-state index < -0.39 is 10.0 Å². The Labute approximate surface area is 109 Å². The van der Waals surface area contributed by atoms with Crippen LogP contribution in [0.15, 0.2) is 10.7 Å². The van der Waals surface area contributed by atoms with Gasteiger partial charge in [0.2, 0.25) is 10.0 Å². The van der Waals surface area contributed by atoms with E-state index in [2.05, 4.69) is 31.2 Å². The zero-order valence-electron chi connectivity index (χ0n) is 9.48. The lowest BCUT2D eigenvalue weighted by Crippen LogP contribution is -2.19. The smallest absolute Gasteiger partial charge is 0.209 e. The molecule has 0 unspecified atom stereocenters. The van der Waals surface area contributed by atoms with Crippen LogP contribution in [0, 0.1) is 0 Å². The lowest BCUT2D eigenvalue weighted by atomic mass is 10.4. The molecule has 1 aromatic heterocycles. The lowest BCUT2D eigenvalue weighted by molar-refractivity contribution is 0.595. The number of sulfonamides is 1. The van der Waals surface area contributed by atoms with Gasteiger partial charge in [-0.3, -0.25) is 0 Å². The molecule has 0 saturated carbocycles. The fourth-order valence-corrected chi connectivity index (χ4v) is 2.17. The number of hydrogen-bond donors (Lipinski definition) is 2. The van der Waals surface area contributed by atoms with Gasteiger partial charge in [-0.1, -0.05) is 6.92 Å². The van der Waals surface area contributed by atoms with Crippen molar-refractivity contribution in [1.29, 1.82) is 0 Å². The predicted molar refractivity (Wildman–Crippen MR) is 70.2 cm³/mol. The van der Waals surface area contributed by atoms with Gasteiger partial charge >= 0.3 is 0 Å². The normalized spacial score (nSPS) is 11.5. The summed E-state index contributed by atoms with van der Waals surface area (Å²) in [6.07, 6.45) is 1.19. The summed E-state index contributed by atoms with van der Waals surface area (Å²) in [6.45, 7) is 2.47. The summed E-state index contributed by atoms with van der Waals surface area (Å²) < 4.78 is 22.1. The van der Waals surface area contributed by atoms with Crippen LogP contribution in [-0.4, -0.2) is 30.7 Å². The summed E-state index contributed by atoms with van der Waals surface area (Å²) in [4.78, 5) is 8.42. The average molecular weight is 323 g/mol. The van der Waals surface area contributed by atoms with E-state index >= 15 is 0 Å². The van der Waals surface area contributed by atoms with Crippen molar-refractivity contribution in [3.63, 3.8) is 0 Å². The van der Waals surface area contributed by atoms with Crippen molar-refractivity contribution in [2.24, 2.45) is 5.14 Å². The molecule has 17 heavy (non-hydrogen) atoms. The van der Waals surface area contributed by atoms with Crippen molar-refractivity contribution < 1.29 is 8.42 Å². The van der Waals surface area contributed by atoms with Crippen LogP contribution in [0.5, 0.6) is 0 Å². The Morgan fingerprint density at radius 3 is 2.76 bits per heavy atom. The van der Waals surface area contributed by atoms with Gasteiger partial charge in [0, 0.05) is 19.0 Å². The van der Waals surface area contributed by atoms with Crippen LogP contribution in [0.1, 0.15) is 19.2 Å². The van der Waals surface area contributed by atoms with Crippen molar-refractivity contribution in [3.8, 4) is 0 Å². The second kappa shape index (κ2) is 6.27. The second-order valence-electron chi connectivity index (χ2n) is 3.49. The van der Waals surface area contributed by atoms with Crippen LogP contribution in [-0.2, 0) is 16.4 Å². The average Bonchev–Trinajstić information content (AvgIpc) is 2.22. The molecule has 1 aromatic rings. The van der Waals surface area contributed by atoms with E-state index in [4.69, 9.17) is 5.14 Å². The molecule has 3 N–H and O–H groups in total. The van der Waals surface area contributed by atoms with E-state index in [0.29, 0.717) is 23.4 Å². The maximum Gasteiger partial charge on any atom is 0.209 e. The number of anilines is 1. The molecular formula is C9H15BrN4O2S. The van der Waals surface area contributed by atoms with Crippen LogP contribution < -0.4 is 10.5 Å². The molecule has 1 rings (SSSR count). The minimum Gasteiger partial charge on any atom is -0.370 e. The number of nitrogens with one attached hydrogen (secondary N) is 1. The molecule has 0 aromatic carbocycles. The van der Waals surface area contributed by atoms with Gasteiger partial charge in [-0.2, -0.15) is 0 Å². The first kappa shape index (κ1) is 14.3. The molecule has 1 heterocycles. The molecule has 8 heteroatoms. The van der Waals surface area contributed by atoms with Crippen LogP contribution in [0.3, 0.4) is 0 Å². The van der Waals surface area contributed by atoms with Crippen molar-refractivity contribution in [1.82, 2.24) is 9.97 Å². The van der Waals surface area contributed by atoms with Crippen molar-refractivity contribution in [2.75, 3.05) is 17.6 Å². The predicted octanol–water partition coefficient (Wildman–Crippen LogP) is 0.892. The Hall–Kier alpha value is -0.730. The minimum absolute atomic E-state index is 0.0348. The maximum absolute atomic E-state index is 10.7. The number of primary sulfonamides is 1. The molecule has 0 bridgehead atoms. The standard InChI is InChI=1S/C9H15BrN4O2S/c1-2-8-13-7(10)6-9(14-8)12-4-3-5-17(11,15)16/h6H,2-5H2,1H3,(H2,11,15,16)(H,12,13,14). The maximum atomic E-state index is 10.7. The van der Waals surface area contributed by atoms with E-state index in [-0.39, 0.29) is 5.75 Å². The van der Waals surface area contributed by atoms with Gasteiger partial charge in [0.05, 0.1) is 5.75 Å². The molecule has 0 aliphatic carbocycles. The summed E-state index contributed by atoms with van der Waals surface area (Å²) >= 11 is 3.29. The van der Waals surface area contributed by atoms with Gasteiger partial charge < -0.3 is 5.32 Å². The molecule has 0 amide bonds. The fraction of sp³-hybridized carbons (Fsp3) is 0.556. The third kappa shape index (κ3) is 5.94. The van der Waals surface area contributed by atoms with Gasteiger partial charge in [0.1, 0.15) is 16.2 Å². The second-order valence-corrected chi connectivity index (χ2v) is 6.04. The molecule has 6 nitrogen and oxygen atoms in total. The van der Waals surface area contributed by atoms with Crippen LogP contribution in [0.25, 0.3) is 0 Å². The first-order valence-corrected chi connectivity index (χ1v) is 7.69. The number of nitrogens with zero attached hydrogens (tertiary/aromatic N) is 2. The van der Waals surface area contributed by atoms with E-state index in [9.17, 15) is 8.42 Å². The van der Waals surface area contributed by atoms with Gasteiger partial charge in [0.15, 0.2) is 0 Å². The summed E-state index contributed by atoms with van der Waals surface area (Å²) in [6, 6.07) is 1.75. The summed E-state index contributed by atoms with van der Waals surface area (Å²) in [5.41, 5.74) is 0. The molecule has 0 aliphatic heterocycles. The molecule has 0 fully saturated rings. The van der Waals surface area contributed by atoms with E-state index in [1.165, 1.54) is 0 Å². The number of nitrogens with two attached hydrogens (primary N) is 1. The molecule has 96 valence electrons. The van der Waals surface area contributed by atoms with E-state index in [1.807, 2.05) is 6.92 Å². The number of rotatable bonds is 6. The van der Waals surface area contributed by atoms with Gasteiger partial charge in [-0.05, 0) is 22.4 Å². The van der Waals surface area contributed by atoms with Crippen LogP contribution >= 0.6 is 15.9 Å². The first-order valence-electron chi connectivity index (χ1n) is 5.18. The highest BCUT2D eigenvalue weighted by molar-refractivity contribution is 9.10. The quantitative estimate of drug-likeness (QED) is 0.598. The summed E-state index contributed by atoms with van der Waals surface area (Å²) in [5.74, 6) is 1.37. The number of hydrogen-bond acceptors (Lipinski definition) is 5. The third-order valence-electron chi connectivity index (χ3n) is 1.97. The topological polar surface area (TPSA) is 98.0 Å². The highest BCUT2D eigenvalue weighted by atomic mass is 79.9. The van der Waals surface area contributed by atoms with Gasteiger partial charge in [0.25, 0.3) is 0 Å². The molecule has 0 spiro atoms. The van der Waals surface area contributed by atoms with Crippen molar-refractivity contribution in [2.45, 2.75) is 19.8 Å². The summed E-state index contributed by atoms with van der Waals surface area (Å²) in [7, 11) is -3.38. The zero-order chi connectivity index (χ0) is 12.9. The number of halogens is 1. The van der Waals surface area contributed by atoms with Crippen molar-refractivity contribution in [3.05, 3.63) is 16.5 Å². The van der Waals surface area contributed by atoms with E-state index in [0.717, 1.165) is 12.2 Å². The lowest BCUT2D eigenvalue weighted by Gasteiger charge is -2.06. The largest absolute Gasteiger partial charge is 0.370 e. The highest BCUT2D eigenvalue weighted by Gasteiger charge is 2.03. The van der Waals surface area contributed by atoms with Crippen molar-refractivity contribution >= 4 is 31.8 Å². The van der Waals surface area contributed by atoms with E-state index in [1.54, 1.807) is 6.07 Å². The Balaban J connectivity index is 2.49. The number of aryl methyl sites for hydroxylation is 1. The Morgan fingerprint density at radius 2 is 2.18 bits per heavy atom. The summed E-state index contributed by atoms with van der Waals surface area (Å²) in [5, 5.41) is 7.93. The van der Waals surface area contributed by atoms with Crippen LogP contribution in [0.2, 0.25) is 0 Å². The molecule has 0 radical (unpaired) electrons. The molecule has 0 aliphatic rings. The van der Waals surface area contributed by atoms with Gasteiger partial charge in [-0.25, -0.2) is 23.5 Å². The first-order chi connectivity index (χ1) is 7.90. The fourth-order valence-electron chi connectivity index (χ4n) is 1.20. The molecular weight excluding hydrogens is 308 g/mol. The highest BCUT2D eigenvalue weighted by Crippen LogP contribution is 2.12. The van der Waals surface area contributed by atoms with Gasteiger partial charge in [-0.15, -0.1) is 0 Å². The number of aromatic nitrogens is 2. The van der Waals surface area contributed by atoms with Crippen LogP contribution in [0.4, 0.5) is 5.82 Å². The molecule has 0 saturated heterocycles. The zero-order valence-corrected chi connectivity index (χ0v) is 11.9. The monoisotopic (exact) mass is 322 g/mol. The third-order valence-corrected chi connectivity index (χ3v) is 3.23. The SMILES string of the molecule is CCc1nc(Br)cc(NCCCS(N)(=O)=O)n1. The Bertz CT molecular complexity index is 478.